The van der Waals surface area contributed by atoms with Crippen molar-refractivity contribution in [1.82, 2.24) is 0 Å². The fourth-order valence-corrected chi connectivity index (χ4v) is 1.83. The summed E-state index contributed by atoms with van der Waals surface area (Å²) in [6, 6.07) is 0. The molecule has 0 aromatic heterocycles. The van der Waals surface area contributed by atoms with Crippen molar-refractivity contribution in [3.05, 3.63) is 11.8 Å². The zero-order valence-electron chi connectivity index (χ0n) is 10.6. The van der Waals surface area contributed by atoms with Crippen LogP contribution in [0.4, 0.5) is 13.2 Å². The molecule has 0 aliphatic rings. The van der Waals surface area contributed by atoms with Gasteiger partial charge < -0.3 is 4.18 Å². The standard InChI is InChI=1S/C11H19F3O3S/c1-3-4-5-6-7-8-9-10(11(12,13)14)17-18(2,15)16/h9H,3-8H2,1-2H3/b10-9+. The largest absolute Gasteiger partial charge is 0.450 e. The molecule has 108 valence electrons. The highest BCUT2D eigenvalue weighted by Crippen LogP contribution is 2.28. The van der Waals surface area contributed by atoms with Crippen molar-refractivity contribution < 1.29 is 25.8 Å². The van der Waals surface area contributed by atoms with Crippen molar-refractivity contribution in [2.75, 3.05) is 6.26 Å². The van der Waals surface area contributed by atoms with Crippen molar-refractivity contribution in [3.8, 4) is 0 Å². The Labute approximate surface area is 106 Å². The van der Waals surface area contributed by atoms with E-state index in [0.29, 0.717) is 12.7 Å². The maximum Gasteiger partial charge on any atom is 0.450 e. The van der Waals surface area contributed by atoms with Gasteiger partial charge in [0, 0.05) is 0 Å². The number of halogens is 3. The summed E-state index contributed by atoms with van der Waals surface area (Å²) in [7, 11) is -4.15. The molecule has 0 radical (unpaired) electrons. The van der Waals surface area contributed by atoms with E-state index < -0.39 is 22.1 Å². The first-order chi connectivity index (χ1) is 8.17. The Morgan fingerprint density at radius 1 is 1.17 bits per heavy atom. The normalized spacial score (nSPS) is 13.7. The van der Waals surface area contributed by atoms with E-state index >= 15 is 0 Å². The Bertz CT molecular complexity index is 358. The molecule has 0 fully saturated rings. The summed E-state index contributed by atoms with van der Waals surface area (Å²) in [5.41, 5.74) is 0. The summed E-state index contributed by atoms with van der Waals surface area (Å²) < 4.78 is 62.6. The molecular weight excluding hydrogens is 269 g/mol. The highest BCUT2D eigenvalue weighted by atomic mass is 32.2. The number of hydrogen-bond acceptors (Lipinski definition) is 3. The van der Waals surface area contributed by atoms with Gasteiger partial charge in [-0.05, 0) is 18.9 Å². The number of alkyl halides is 3. The van der Waals surface area contributed by atoms with Gasteiger partial charge in [-0.1, -0.05) is 32.6 Å². The van der Waals surface area contributed by atoms with Crippen molar-refractivity contribution in [3.63, 3.8) is 0 Å². The van der Waals surface area contributed by atoms with Crippen LogP contribution in [0.5, 0.6) is 0 Å². The van der Waals surface area contributed by atoms with E-state index in [1.807, 2.05) is 6.92 Å². The highest BCUT2D eigenvalue weighted by Gasteiger charge is 2.37. The molecule has 0 aliphatic heterocycles. The Morgan fingerprint density at radius 2 is 1.72 bits per heavy atom. The Balaban J connectivity index is 4.32. The number of allylic oxidation sites excluding steroid dienone is 2. The van der Waals surface area contributed by atoms with Crippen molar-refractivity contribution in [1.29, 1.82) is 0 Å². The first kappa shape index (κ1) is 17.3. The first-order valence-electron chi connectivity index (χ1n) is 5.83. The van der Waals surface area contributed by atoms with Crippen LogP contribution in [0.1, 0.15) is 45.4 Å². The van der Waals surface area contributed by atoms with Crippen molar-refractivity contribution in [2.24, 2.45) is 0 Å². The molecule has 0 aromatic carbocycles. The fourth-order valence-electron chi connectivity index (χ4n) is 1.34. The second-order valence-corrected chi connectivity index (χ2v) is 5.63. The van der Waals surface area contributed by atoms with Crippen LogP contribution in [0.3, 0.4) is 0 Å². The molecule has 0 atom stereocenters. The zero-order chi connectivity index (χ0) is 14.2. The molecule has 0 aliphatic carbocycles. The van der Waals surface area contributed by atoms with Crippen LogP contribution in [-0.4, -0.2) is 20.8 Å². The third-order valence-corrected chi connectivity index (χ3v) is 2.64. The lowest BCUT2D eigenvalue weighted by Gasteiger charge is -2.11. The van der Waals surface area contributed by atoms with Gasteiger partial charge in [-0.2, -0.15) is 21.6 Å². The van der Waals surface area contributed by atoms with Crippen LogP contribution in [0.2, 0.25) is 0 Å². The monoisotopic (exact) mass is 288 g/mol. The third kappa shape index (κ3) is 9.32. The van der Waals surface area contributed by atoms with Gasteiger partial charge in [0.15, 0.2) is 0 Å². The van der Waals surface area contributed by atoms with Crippen LogP contribution in [0, 0.1) is 0 Å². The van der Waals surface area contributed by atoms with E-state index in [1.54, 1.807) is 0 Å². The van der Waals surface area contributed by atoms with Crippen LogP contribution >= 0.6 is 0 Å². The van der Waals surface area contributed by atoms with Gasteiger partial charge in [0.2, 0.25) is 5.76 Å². The lowest BCUT2D eigenvalue weighted by atomic mass is 10.1. The van der Waals surface area contributed by atoms with E-state index in [1.165, 1.54) is 0 Å². The van der Waals surface area contributed by atoms with Gasteiger partial charge in [-0.3, -0.25) is 0 Å². The Morgan fingerprint density at radius 3 is 2.17 bits per heavy atom. The topological polar surface area (TPSA) is 43.4 Å². The van der Waals surface area contributed by atoms with E-state index in [-0.39, 0.29) is 6.42 Å². The van der Waals surface area contributed by atoms with Gasteiger partial charge in [-0.15, -0.1) is 0 Å². The summed E-state index contributed by atoms with van der Waals surface area (Å²) in [5, 5.41) is 0. The highest BCUT2D eigenvalue weighted by molar-refractivity contribution is 7.86. The summed E-state index contributed by atoms with van der Waals surface area (Å²) in [6.45, 7) is 2.04. The molecule has 0 heterocycles. The lowest BCUT2D eigenvalue weighted by molar-refractivity contribution is -0.116. The average molecular weight is 288 g/mol. The minimum Gasteiger partial charge on any atom is -0.378 e. The van der Waals surface area contributed by atoms with Crippen molar-refractivity contribution >= 4 is 10.1 Å². The first-order valence-corrected chi connectivity index (χ1v) is 7.65. The number of rotatable bonds is 8. The molecule has 18 heavy (non-hydrogen) atoms. The molecule has 0 spiro atoms. The summed E-state index contributed by atoms with van der Waals surface area (Å²) in [4.78, 5) is 0. The predicted octanol–water partition coefficient (Wildman–Crippen LogP) is 3.77. The van der Waals surface area contributed by atoms with Crippen LogP contribution in [0.15, 0.2) is 11.8 Å². The Hall–Kier alpha value is -0.720. The minimum atomic E-state index is -4.77. The van der Waals surface area contributed by atoms with E-state index in [0.717, 1.165) is 31.8 Å². The van der Waals surface area contributed by atoms with Gasteiger partial charge in [0.1, 0.15) is 0 Å². The average Bonchev–Trinajstić information content (AvgIpc) is 2.18. The summed E-state index contributed by atoms with van der Waals surface area (Å²) in [6.07, 6.45) is 1.28. The van der Waals surface area contributed by atoms with E-state index in [2.05, 4.69) is 4.18 Å². The Kier molecular flexibility index (Phi) is 7.35. The molecule has 3 nitrogen and oxygen atoms in total. The van der Waals surface area contributed by atoms with E-state index in [9.17, 15) is 21.6 Å². The van der Waals surface area contributed by atoms with E-state index in [4.69, 9.17) is 0 Å². The smallest absolute Gasteiger partial charge is 0.378 e. The maximum atomic E-state index is 12.4. The second kappa shape index (κ2) is 7.66. The predicted molar refractivity (Wildman–Crippen MR) is 63.4 cm³/mol. The molecule has 7 heteroatoms. The second-order valence-electron chi connectivity index (χ2n) is 4.06. The maximum absolute atomic E-state index is 12.4. The number of unbranched alkanes of at least 4 members (excludes halogenated alkanes) is 5. The van der Waals surface area contributed by atoms with Gasteiger partial charge in [0.05, 0.1) is 6.26 Å². The molecular formula is C11H19F3O3S. The van der Waals surface area contributed by atoms with Gasteiger partial charge >= 0.3 is 16.3 Å². The fraction of sp³-hybridized carbons (Fsp3) is 0.818. The molecule has 0 saturated carbocycles. The third-order valence-electron chi connectivity index (χ3n) is 2.16. The molecule has 0 bridgehead atoms. The van der Waals surface area contributed by atoms with Gasteiger partial charge in [-0.25, -0.2) is 0 Å². The molecule has 0 aromatic rings. The van der Waals surface area contributed by atoms with Crippen LogP contribution in [0.25, 0.3) is 0 Å². The lowest BCUT2D eigenvalue weighted by Crippen LogP contribution is -2.17. The summed E-state index contributed by atoms with van der Waals surface area (Å²) >= 11 is 0. The quantitative estimate of drug-likeness (QED) is 0.388. The molecule has 0 N–H and O–H groups in total. The summed E-state index contributed by atoms with van der Waals surface area (Å²) in [5.74, 6) is -1.44. The minimum absolute atomic E-state index is 0.161. The molecule has 0 unspecified atom stereocenters. The van der Waals surface area contributed by atoms with Crippen molar-refractivity contribution in [2.45, 2.75) is 51.6 Å². The van der Waals surface area contributed by atoms with Crippen LogP contribution < -0.4 is 0 Å². The number of hydrogen-bond donors (Lipinski definition) is 0. The molecule has 0 amide bonds. The molecule has 0 saturated heterocycles. The SMILES string of the molecule is CCCCCCC/C=C(/OS(C)(=O)=O)C(F)(F)F. The molecule has 0 rings (SSSR count). The van der Waals surface area contributed by atoms with Crippen LogP contribution in [-0.2, 0) is 14.3 Å². The van der Waals surface area contributed by atoms with Gasteiger partial charge in [0.25, 0.3) is 0 Å². The zero-order valence-corrected chi connectivity index (χ0v) is 11.4.